The topological polar surface area (TPSA) is 61.8 Å². The van der Waals surface area contributed by atoms with Gasteiger partial charge >= 0.3 is 0 Å². The van der Waals surface area contributed by atoms with E-state index >= 15 is 0 Å². The smallest absolute Gasteiger partial charge is 0.282 e. The lowest BCUT2D eigenvalue weighted by atomic mass is 9.98. The number of quaternary nitrogens is 2. The number of para-hydroxylation sites is 1. The molecule has 0 unspecified atom stereocenters. The van der Waals surface area contributed by atoms with Gasteiger partial charge in [0.15, 0.2) is 6.04 Å². The van der Waals surface area contributed by atoms with Crippen molar-refractivity contribution in [3.8, 4) is 6.07 Å². The standard InChI is InChI=1S/C25H32N4O/c1-18(2)23-7-5-6-19(3)24(23)27-25(30)20(4)29-14-12-28(13-15-29)17-22-10-8-21(16-26)9-11-22/h5-11,18,20H,12-15,17H2,1-4H3,(H,27,30)/p+2/t20-/m1/s1. The van der Waals surface area contributed by atoms with Gasteiger partial charge in [0.2, 0.25) is 0 Å². The van der Waals surface area contributed by atoms with Gasteiger partial charge < -0.3 is 15.1 Å². The van der Waals surface area contributed by atoms with E-state index in [2.05, 4.69) is 62.5 Å². The summed E-state index contributed by atoms with van der Waals surface area (Å²) in [6, 6.07) is 16.2. The van der Waals surface area contributed by atoms with Gasteiger partial charge in [0.1, 0.15) is 32.7 Å². The highest BCUT2D eigenvalue weighted by molar-refractivity contribution is 5.95. The lowest BCUT2D eigenvalue weighted by molar-refractivity contribution is -1.02. The molecule has 3 N–H and O–H groups in total. The van der Waals surface area contributed by atoms with Crippen LogP contribution in [0.3, 0.4) is 0 Å². The molecular weight excluding hydrogens is 372 g/mol. The molecule has 1 heterocycles. The van der Waals surface area contributed by atoms with Gasteiger partial charge in [-0.25, -0.2) is 0 Å². The van der Waals surface area contributed by atoms with E-state index in [1.165, 1.54) is 20.9 Å². The molecule has 1 aliphatic rings. The van der Waals surface area contributed by atoms with Crippen LogP contribution in [0.25, 0.3) is 0 Å². The van der Waals surface area contributed by atoms with Crippen LogP contribution in [0.2, 0.25) is 0 Å². The molecule has 3 rings (SSSR count). The Balaban J connectivity index is 1.55. The van der Waals surface area contributed by atoms with Crippen molar-refractivity contribution in [2.45, 2.75) is 46.2 Å². The van der Waals surface area contributed by atoms with E-state index in [-0.39, 0.29) is 11.9 Å². The van der Waals surface area contributed by atoms with E-state index in [4.69, 9.17) is 5.26 Å². The average Bonchev–Trinajstić information content (AvgIpc) is 2.75. The highest BCUT2D eigenvalue weighted by Gasteiger charge is 2.31. The fourth-order valence-corrected chi connectivity index (χ4v) is 4.28. The van der Waals surface area contributed by atoms with Gasteiger partial charge in [-0.05, 0) is 43.0 Å². The number of anilines is 1. The maximum absolute atomic E-state index is 13.0. The molecule has 0 aliphatic carbocycles. The maximum Gasteiger partial charge on any atom is 0.282 e. The minimum atomic E-state index is -0.0684. The number of amides is 1. The Kier molecular flexibility index (Phi) is 7.25. The van der Waals surface area contributed by atoms with Crippen molar-refractivity contribution in [3.63, 3.8) is 0 Å². The molecule has 0 radical (unpaired) electrons. The first-order valence-electron chi connectivity index (χ1n) is 11.0. The quantitative estimate of drug-likeness (QED) is 0.677. The summed E-state index contributed by atoms with van der Waals surface area (Å²) in [5, 5.41) is 12.2. The van der Waals surface area contributed by atoms with Gasteiger partial charge in [-0.2, -0.15) is 5.26 Å². The van der Waals surface area contributed by atoms with Crippen LogP contribution in [0.15, 0.2) is 42.5 Å². The van der Waals surface area contributed by atoms with E-state index in [1.807, 2.05) is 19.1 Å². The van der Waals surface area contributed by atoms with Crippen molar-refractivity contribution in [2.24, 2.45) is 0 Å². The number of hydrogen-bond donors (Lipinski definition) is 3. The lowest BCUT2D eigenvalue weighted by Crippen LogP contribution is -3.29. The summed E-state index contributed by atoms with van der Waals surface area (Å²) in [5.41, 5.74) is 5.26. The van der Waals surface area contributed by atoms with Gasteiger partial charge in [0.25, 0.3) is 5.91 Å². The van der Waals surface area contributed by atoms with Crippen molar-refractivity contribution in [1.29, 1.82) is 5.26 Å². The average molecular weight is 407 g/mol. The second-order valence-corrected chi connectivity index (χ2v) is 8.80. The molecule has 158 valence electrons. The third-order valence-electron chi connectivity index (χ3n) is 6.32. The van der Waals surface area contributed by atoms with Crippen LogP contribution in [0.4, 0.5) is 5.69 Å². The van der Waals surface area contributed by atoms with Crippen LogP contribution in [0.5, 0.6) is 0 Å². The minimum Gasteiger partial charge on any atom is -0.322 e. The number of carbonyl (C=O) groups is 1. The van der Waals surface area contributed by atoms with E-state index in [9.17, 15) is 4.79 Å². The van der Waals surface area contributed by atoms with Gasteiger partial charge in [-0.15, -0.1) is 0 Å². The molecule has 0 saturated carbocycles. The first kappa shape index (κ1) is 22.0. The molecule has 30 heavy (non-hydrogen) atoms. The van der Waals surface area contributed by atoms with Crippen molar-refractivity contribution < 1.29 is 14.6 Å². The summed E-state index contributed by atoms with van der Waals surface area (Å²) in [4.78, 5) is 15.9. The molecule has 1 fully saturated rings. The highest BCUT2D eigenvalue weighted by atomic mass is 16.2. The monoisotopic (exact) mass is 406 g/mol. The Bertz CT molecular complexity index is 906. The van der Waals surface area contributed by atoms with Crippen LogP contribution in [0, 0.1) is 18.3 Å². The Morgan fingerprint density at radius 2 is 1.73 bits per heavy atom. The van der Waals surface area contributed by atoms with E-state index in [1.54, 1.807) is 0 Å². The second-order valence-electron chi connectivity index (χ2n) is 8.80. The predicted molar refractivity (Wildman–Crippen MR) is 120 cm³/mol. The molecule has 2 aromatic rings. The second kappa shape index (κ2) is 9.88. The molecule has 0 aromatic heterocycles. The summed E-state index contributed by atoms with van der Waals surface area (Å²) in [6.07, 6.45) is 0. The SMILES string of the molecule is Cc1cccc(C(C)C)c1NC(=O)[C@@H](C)[NH+]1CC[NH+](Cc2ccc(C#N)cc2)CC1. The maximum atomic E-state index is 13.0. The zero-order chi connectivity index (χ0) is 21.7. The summed E-state index contributed by atoms with van der Waals surface area (Å²) in [5.74, 6) is 0.481. The van der Waals surface area contributed by atoms with Crippen LogP contribution >= 0.6 is 0 Å². The third-order valence-corrected chi connectivity index (χ3v) is 6.32. The van der Waals surface area contributed by atoms with Gasteiger partial charge in [-0.3, -0.25) is 4.79 Å². The Morgan fingerprint density at radius 3 is 2.33 bits per heavy atom. The van der Waals surface area contributed by atoms with Crippen molar-refractivity contribution in [3.05, 3.63) is 64.7 Å². The summed E-state index contributed by atoms with van der Waals surface area (Å²) < 4.78 is 0. The van der Waals surface area contributed by atoms with Crippen molar-refractivity contribution in [2.75, 3.05) is 31.5 Å². The number of hydrogen-bond acceptors (Lipinski definition) is 2. The predicted octanol–water partition coefficient (Wildman–Crippen LogP) is 1.30. The number of nitrogens with zero attached hydrogens (tertiary/aromatic N) is 1. The lowest BCUT2D eigenvalue weighted by Gasteiger charge is -2.33. The molecule has 5 nitrogen and oxygen atoms in total. The first-order valence-corrected chi connectivity index (χ1v) is 11.0. The summed E-state index contributed by atoms with van der Waals surface area (Å²) >= 11 is 0. The molecular formula is C25H34N4O+2. The normalized spacial score (nSPS) is 19.9. The number of piperazine rings is 1. The number of benzene rings is 2. The van der Waals surface area contributed by atoms with E-state index < -0.39 is 0 Å². The molecule has 1 saturated heterocycles. The number of carbonyl (C=O) groups excluding carboxylic acids is 1. The minimum absolute atomic E-state index is 0.0684. The molecule has 5 heteroatoms. The molecule has 2 aromatic carbocycles. The molecule has 0 bridgehead atoms. The molecule has 1 amide bonds. The first-order chi connectivity index (χ1) is 14.4. The van der Waals surface area contributed by atoms with Crippen LogP contribution < -0.4 is 15.1 Å². The van der Waals surface area contributed by atoms with Crippen molar-refractivity contribution >= 4 is 11.6 Å². The zero-order valence-corrected chi connectivity index (χ0v) is 18.6. The molecule has 1 atom stereocenters. The highest BCUT2D eigenvalue weighted by Crippen LogP contribution is 2.27. The Labute approximate surface area is 180 Å². The van der Waals surface area contributed by atoms with E-state index in [0.717, 1.165) is 44.0 Å². The van der Waals surface area contributed by atoms with Crippen LogP contribution in [-0.4, -0.2) is 38.1 Å². The van der Waals surface area contributed by atoms with Gasteiger partial charge in [-0.1, -0.05) is 44.2 Å². The fourth-order valence-electron chi connectivity index (χ4n) is 4.28. The number of aryl methyl sites for hydroxylation is 1. The van der Waals surface area contributed by atoms with Gasteiger partial charge in [0.05, 0.1) is 11.6 Å². The molecule has 1 aliphatic heterocycles. The van der Waals surface area contributed by atoms with Crippen molar-refractivity contribution in [1.82, 2.24) is 0 Å². The Morgan fingerprint density at radius 1 is 1.07 bits per heavy atom. The van der Waals surface area contributed by atoms with Gasteiger partial charge in [0, 0.05) is 11.3 Å². The fraction of sp³-hybridized carbons (Fsp3) is 0.440. The largest absolute Gasteiger partial charge is 0.322 e. The third kappa shape index (κ3) is 5.27. The number of nitrogens with one attached hydrogen (secondary N) is 3. The van der Waals surface area contributed by atoms with Crippen LogP contribution in [-0.2, 0) is 11.3 Å². The number of nitriles is 1. The zero-order valence-electron chi connectivity index (χ0n) is 18.6. The molecule has 0 spiro atoms. The Hall–Kier alpha value is -2.68. The number of rotatable bonds is 6. The summed E-state index contributed by atoms with van der Waals surface area (Å²) in [6.45, 7) is 13.5. The van der Waals surface area contributed by atoms with E-state index in [0.29, 0.717) is 11.5 Å². The summed E-state index contributed by atoms with van der Waals surface area (Å²) in [7, 11) is 0. The van der Waals surface area contributed by atoms with Crippen LogP contribution in [0.1, 0.15) is 48.9 Å².